The highest BCUT2D eigenvalue weighted by Gasteiger charge is 2.29. The Morgan fingerprint density at radius 3 is 2.25 bits per heavy atom. The van der Waals surface area contributed by atoms with Gasteiger partial charge in [-0.2, -0.15) is 4.31 Å². The highest BCUT2D eigenvalue weighted by atomic mass is 35.5. The Morgan fingerprint density at radius 2 is 1.53 bits per heavy atom. The summed E-state index contributed by atoms with van der Waals surface area (Å²) in [6.07, 6.45) is 5.18. The van der Waals surface area contributed by atoms with E-state index in [0.717, 1.165) is 12.8 Å². The zero-order valence-corrected chi connectivity index (χ0v) is 18.6. The Labute approximate surface area is 190 Å². The number of halogens is 1. The van der Waals surface area contributed by atoms with E-state index >= 15 is 0 Å². The molecule has 8 nitrogen and oxygen atoms in total. The lowest BCUT2D eigenvalue weighted by atomic mass is 10.1. The van der Waals surface area contributed by atoms with Gasteiger partial charge in [0.2, 0.25) is 10.0 Å². The number of carbonyl (C=O) groups is 2. The van der Waals surface area contributed by atoms with Crippen LogP contribution < -0.4 is 10.9 Å². The Balaban J connectivity index is 1.50. The van der Waals surface area contributed by atoms with Gasteiger partial charge in [-0.3, -0.25) is 20.4 Å². The van der Waals surface area contributed by atoms with Gasteiger partial charge in [-0.05, 0) is 55.3 Å². The van der Waals surface area contributed by atoms with Gasteiger partial charge in [0.05, 0.1) is 16.3 Å². The number of nitrogens with one attached hydrogen (secondary N) is 2. The summed E-state index contributed by atoms with van der Waals surface area (Å²) in [6.45, 7) is 0.845. The number of amides is 2. The molecule has 166 valence electrons. The summed E-state index contributed by atoms with van der Waals surface area (Å²) in [5.41, 5.74) is 5.79. The van der Waals surface area contributed by atoms with Crippen molar-refractivity contribution in [1.82, 2.24) is 19.7 Å². The van der Waals surface area contributed by atoms with E-state index in [9.17, 15) is 18.0 Å². The molecule has 0 unspecified atom stereocenters. The molecule has 1 aliphatic heterocycles. The first-order valence-electron chi connectivity index (χ1n) is 10.0. The summed E-state index contributed by atoms with van der Waals surface area (Å²) < 4.78 is 28.9. The van der Waals surface area contributed by atoms with Crippen molar-refractivity contribution < 1.29 is 18.0 Å². The zero-order chi connectivity index (χ0) is 22.7. The second-order valence-electron chi connectivity index (χ2n) is 7.27. The number of benzene rings is 2. The molecule has 4 rings (SSSR count). The van der Waals surface area contributed by atoms with Crippen LogP contribution in [0.4, 0.5) is 0 Å². The molecule has 0 atom stereocenters. The molecular formula is C22H21ClN4O4S. The molecule has 0 spiro atoms. The number of nitrogens with zero attached hydrogens (tertiary/aromatic N) is 2. The maximum absolute atomic E-state index is 12.9. The number of carbonyl (C=O) groups excluding carboxylic acids is 2. The fourth-order valence-electron chi connectivity index (χ4n) is 3.55. The van der Waals surface area contributed by atoms with Crippen LogP contribution in [0.5, 0.6) is 0 Å². The first-order chi connectivity index (χ1) is 15.4. The van der Waals surface area contributed by atoms with E-state index in [1.54, 1.807) is 41.2 Å². The first-order valence-corrected chi connectivity index (χ1v) is 11.8. The van der Waals surface area contributed by atoms with Gasteiger partial charge in [-0.25, -0.2) is 8.42 Å². The highest BCUT2D eigenvalue weighted by Crippen LogP contribution is 2.28. The number of sulfonamides is 1. The average molecular weight is 473 g/mol. The van der Waals surface area contributed by atoms with Crippen LogP contribution in [0.25, 0.3) is 5.69 Å². The normalized spacial score (nSPS) is 14.3. The number of rotatable bonds is 5. The van der Waals surface area contributed by atoms with Gasteiger partial charge in [-0.15, -0.1) is 0 Å². The van der Waals surface area contributed by atoms with Crippen molar-refractivity contribution in [2.75, 3.05) is 13.1 Å². The molecule has 0 radical (unpaired) electrons. The van der Waals surface area contributed by atoms with E-state index in [2.05, 4.69) is 10.9 Å². The van der Waals surface area contributed by atoms with E-state index in [1.807, 2.05) is 12.1 Å². The third-order valence-corrected chi connectivity index (χ3v) is 7.58. The monoisotopic (exact) mass is 472 g/mol. The van der Waals surface area contributed by atoms with E-state index in [4.69, 9.17) is 11.6 Å². The number of hydrogen-bond acceptors (Lipinski definition) is 4. The van der Waals surface area contributed by atoms with Gasteiger partial charge in [0.15, 0.2) is 0 Å². The minimum absolute atomic E-state index is 0.0399. The van der Waals surface area contributed by atoms with E-state index in [0.29, 0.717) is 24.3 Å². The highest BCUT2D eigenvalue weighted by molar-refractivity contribution is 7.89. The molecule has 1 saturated heterocycles. The molecule has 2 heterocycles. The lowest BCUT2D eigenvalue weighted by Gasteiger charge is -2.17. The minimum Gasteiger partial charge on any atom is -0.323 e. The Hall–Kier alpha value is -3.14. The molecule has 1 aliphatic rings. The van der Waals surface area contributed by atoms with Gasteiger partial charge in [0, 0.05) is 31.0 Å². The summed E-state index contributed by atoms with van der Waals surface area (Å²) in [7, 11) is -3.80. The van der Waals surface area contributed by atoms with Crippen molar-refractivity contribution in [3.05, 3.63) is 83.1 Å². The average Bonchev–Trinajstić information content (AvgIpc) is 3.52. The fourth-order valence-corrected chi connectivity index (χ4v) is 5.57. The fraction of sp³-hybridized carbons (Fsp3) is 0.182. The van der Waals surface area contributed by atoms with Gasteiger partial charge in [0.25, 0.3) is 11.8 Å². The van der Waals surface area contributed by atoms with Crippen molar-refractivity contribution in [3.8, 4) is 5.69 Å². The molecule has 2 amide bonds. The SMILES string of the molecule is O=C(NNC(=O)c1ccccc1-n1cccc1)c1ccc(Cl)c(S(=O)(=O)N2CCCC2)c1. The second kappa shape index (κ2) is 9.15. The predicted molar refractivity (Wildman–Crippen MR) is 120 cm³/mol. The van der Waals surface area contributed by atoms with Crippen LogP contribution in [0.3, 0.4) is 0 Å². The number of hydrogen-bond donors (Lipinski definition) is 2. The van der Waals surface area contributed by atoms with Crippen LogP contribution in [0.2, 0.25) is 5.02 Å². The number of aromatic nitrogens is 1. The third-order valence-electron chi connectivity index (χ3n) is 5.20. The maximum atomic E-state index is 12.9. The zero-order valence-electron chi connectivity index (χ0n) is 17.0. The van der Waals surface area contributed by atoms with Crippen LogP contribution in [0.15, 0.2) is 71.9 Å². The standard InChI is InChI=1S/C22H21ClN4O4S/c23-18-10-9-16(15-20(18)32(30,31)27-13-5-6-14-27)21(28)24-25-22(29)17-7-1-2-8-19(17)26-11-3-4-12-26/h1-4,7-12,15H,5-6,13-14H2,(H,24,28)(H,25,29). The molecule has 1 aromatic heterocycles. The summed E-state index contributed by atoms with van der Waals surface area (Å²) in [5, 5.41) is 0.0399. The van der Waals surface area contributed by atoms with Crippen LogP contribution in [-0.4, -0.2) is 42.2 Å². The Bertz CT molecular complexity index is 1250. The molecule has 2 aromatic carbocycles. The number of hydrazine groups is 1. The Kier molecular flexibility index (Phi) is 6.31. The van der Waals surface area contributed by atoms with Gasteiger partial charge in [-0.1, -0.05) is 23.7 Å². The molecule has 0 bridgehead atoms. The number of para-hydroxylation sites is 1. The second-order valence-corrected chi connectivity index (χ2v) is 9.59. The molecule has 32 heavy (non-hydrogen) atoms. The molecular weight excluding hydrogens is 452 g/mol. The lowest BCUT2D eigenvalue weighted by Crippen LogP contribution is -2.42. The largest absolute Gasteiger partial charge is 0.323 e. The molecule has 2 N–H and O–H groups in total. The lowest BCUT2D eigenvalue weighted by molar-refractivity contribution is 0.0846. The van der Waals surface area contributed by atoms with Crippen LogP contribution in [0, 0.1) is 0 Å². The van der Waals surface area contributed by atoms with Crippen LogP contribution in [0.1, 0.15) is 33.6 Å². The van der Waals surface area contributed by atoms with Crippen molar-refractivity contribution in [2.24, 2.45) is 0 Å². The molecule has 3 aromatic rings. The summed E-state index contributed by atoms with van der Waals surface area (Å²) >= 11 is 6.13. The smallest absolute Gasteiger partial charge is 0.271 e. The third kappa shape index (κ3) is 4.40. The van der Waals surface area contributed by atoms with Gasteiger partial charge >= 0.3 is 0 Å². The van der Waals surface area contributed by atoms with Crippen LogP contribution >= 0.6 is 11.6 Å². The summed E-state index contributed by atoms with van der Waals surface area (Å²) in [5.74, 6) is -1.17. The molecule has 1 fully saturated rings. The van der Waals surface area contributed by atoms with E-state index < -0.39 is 21.8 Å². The van der Waals surface area contributed by atoms with Gasteiger partial charge in [0.1, 0.15) is 4.90 Å². The quantitative estimate of drug-likeness (QED) is 0.557. The van der Waals surface area contributed by atoms with Crippen molar-refractivity contribution in [3.63, 3.8) is 0 Å². The van der Waals surface area contributed by atoms with Crippen LogP contribution in [-0.2, 0) is 10.0 Å². The molecule has 0 aliphatic carbocycles. The van der Waals surface area contributed by atoms with Gasteiger partial charge < -0.3 is 4.57 Å². The maximum Gasteiger partial charge on any atom is 0.271 e. The Morgan fingerprint density at radius 1 is 0.875 bits per heavy atom. The van der Waals surface area contributed by atoms with Crippen molar-refractivity contribution in [2.45, 2.75) is 17.7 Å². The van der Waals surface area contributed by atoms with Crippen molar-refractivity contribution >= 4 is 33.4 Å². The van der Waals surface area contributed by atoms with E-state index in [-0.39, 0.29) is 15.5 Å². The predicted octanol–water partition coefficient (Wildman–Crippen LogP) is 2.99. The summed E-state index contributed by atoms with van der Waals surface area (Å²) in [6, 6.07) is 14.6. The van der Waals surface area contributed by atoms with E-state index in [1.165, 1.54) is 22.5 Å². The molecule has 0 saturated carbocycles. The first kappa shape index (κ1) is 22.1. The topological polar surface area (TPSA) is 101 Å². The molecule has 10 heteroatoms. The van der Waals surface area contributed by atoms with Crippen molar-refractivity contribution in [1.29, 1.82) is 0 Å². The minimum atomic E-state index is -3.80. The summed E-state index contributed by atoms with van der Waals surface area (Å²) in [4.78, 5) is 25.2.